The minimum Gasteiger partial charge on any atom is -0.497 e. The molecule has 0 heterocycles. The Hall–Kier alpha value is -1.10. The maximum Gasteiger partial charge on any atom is 0.118 e. The lowest BCUT2D eigenvalue weighted by Gasteiger charge is -2.05. The third-order valence-corrected chi connectivity index (χ3v) is 5.88. The van der Waals surface area contributed by atoms with E-state index in [0.717, 1.165) is 28.7 Å². The minimum absolute atomic E-state index is 0.897. The lowest BCUT2D eigenvalue weighted by Crippen LogP contribution is -1.98. The first-order chi connectivity index (χ1) is 10.3. The van der Waals surface area contributed by atoms with Crippen LogP contribution in [0.5, 0.6) is 11.5 Å². The first-order valence-corrected chi connectivity index (χ1v) is 9.49. The summed E-state index contributed by atoms with van der Waals surface area (Å²) in [5.74, 6) is 1.87. The first kappa shape index (κ1) is 16.3. The maximum atomic E-state index is 5.17. The zero-order chi connectivity index (χ0) is 14.9. The highest BCUT2D eigenvalue weighted by atomic mass is 31.1. The zero-order valence-electron chi connectivity index (χ0n) is 12.6. The predicted molar refractivity (Wildman–Crippen MR) is 96.2 cm³/mol. The molecular formula is C17H22O2P2. The Labute approximate surface area is 130 Å². The molecule has 0 radical (unpaired) electrons. The van der Waals surface area contributed by atoms with E-state index in [9.17, 15) is 0 Å². The summed E-state index contributed by atoms with van der Waals surface area (Å²) in [6.07, 6.45) is 3.83. The van der Waals surface area contributed by atoms with Crippen LogP contribution in [0.15, 0.2) is 48.5 Å². The normalized spacial score (nSPS) is 11.5. The molecule has 0 saturated heterocycles. The average molecular weight is 320 g/mol. The molecule has 2 aromatic carbocycles. The molecule has 2 nitrogen and oxygen atoms in total. The van der Waals surface area contributed by atoms with Crippen LogP contribution in [0.1, 0.15) is 6.42 Å². The van der Waals surface area contributed by atoms with E-state index in [-0.39, 0.29) is 0 Å². The van der Waals surface area contributed by atoms with Crippen LogP contribution in [0.4, 0.5) is 0 Å². The van der Waals surface area contributed by atoms with E-state index < -0.39 is 0 Å². The lowest BCUT2D eigenvalue weighted by molar-refractivity contribution is 0.415. The summed E-state index contributed by atoms with van der Waals surface area (Å²) in [5, 5.41) is 2.84. The van der Waals surface area contributed by atoms with Gasteiger partial charge < -0.3 is 9.47 Å². The molecule has 2 unspecified atom stereocenters. The molecule has 0 fully saturated rings. The SMILES string of the molecule is COc1ccc(PCCCPc2ccc(OC)cc2)cc1. The second-order valence-electron chi connectivity index (χ2n) is 4.66. The Kier molecular flexibility index (Phi) is 7.00. The van der Waals surface area contributed by atoms with Gasteiger partial charge in [0, 0.05) is 0 Å². The monoisotopic (exact) mass is 320 g/mol. The van der Waals surface area contributed by atoms with E-state index in [1.54, 1.807) is 14.2 Å². The molecule has 0 saturated carbocycles. The van der Waals surface area contributed by atoms with Gasteiger partial charge >= 0.3 is 0 Å². The van der Waals surface area contributed by atoms with Crippen LogP contribution in [0.2, 0.25) is 0 Å². The maximum absolute atomic E-state index is 5.17. The molecule has 2 rings (SSSR count). The van der Waals surface area contributed by atoms with Crippen molar-refractivity contribution in [2.24, 2.45) is 0 Å². The Balaban J connectivity index is 1.64. The quantitative estimate of drug-likeness (QED) is 0.548. The Morgan fingerprint density at radius 2 is 1.05 bits per heavy atom. The van der Waals surface area contributed by atoms with E-state index in [1.807, 2.05) is 24.3 Å². The largest absolute Gasteiger partial charge is 0.497 e. The van der Waals surface area contributed by atoms with E-state index in [4.69, 9.17) is 9.47 Å². The standard InChI is InChI=1S/C17H22O2P2/c1-18-14-4-8-16(9-5-14)20-12-3-13-21-17-10-6-15(19-2)7-11-17/h4-11,20-21H,3,12-13H2,1-2H3. The third-order valence-electron chi connectivity index (χ3n) is 3.19. The molecule has 2 atom stereocenters. The summed E-state index contributed by atoms with van der Waals surface area (Å²) >= 11 is 0. The topological polar surface area (TPSA) is 18.5 Å². The van der Waals surface area contributed by atoms with Crippen molar-refractivity contribution < 1.29 is 9.47 Å². The number of benzene rings is 2. The van der Waals surface area contributed by atoms with E-state index in [1.165, 1.54) is 29.4 Å². The highest BCUT2D eigenvalue weighted by Crippen LogP contribution is 2.19. The van der Waals surface area contributed by atoms with Crippen LogP contribution in [0.25, 0.3) is 0 Å². The molecule has 0 aromatic heterocycles. The Morgan fingerprint density at radius 1 is 0.667 bits per heavy atom. The summed E-state index contributed by atoms with van der Waals surface area (Å²) in [5.41, 5.74) is 0. The fraction of sp³-hybridized carbons (Fsp3) is 0.294. The fourth-order valence-electron chi connectivity index (χ4n) is 1.97. The van der Waals surface area contributed by atoms with Crippen LogP contribution in [0, 0.1) is 0 Å². The van der Waals surface area contributed by atoms with Crippen molar-refractivity contribution >= 4 is 27.8 Å². The van der Waals surface area contributed by atoms with Gasteiger partial charge in [-0.05, 0) is 53.6 Å². The summed E-state index contributed by atoms with van der Waals surface area (Å²) < 4.78 is 10.3. The van der Waals surface area contributed by atoms with Crippen molar-refractivity contribution in [1.29, 1.82) is 0 Å². The third kappa shape index (κ3) is 5.65. The Morgan fingerprint density at radius 3 is 1.38 bits per heavy atom. The molecule has 0 aliphatic heterocycles. The smallest absolute Gasteiger partial charge is 0.118 e. The molecule has 21 heavy (non-hydrogen) atoms. The van der Waals surface area contributed by atoms with Crippen LogP contribution < -0.4 is 20.1 Å². The van der Waals surface area contributed by atoms with Crippen LogP contribution in [0.3, 0.4) is 0 Å². The predicted octanol–water partition coefficient (Wildman–Crippen LogP) is 3.40. The van der Waals surface area contributed by atoms with Gasteiger partial charge in [-0.15, -0.1) is 0 Å². The van der Waals surface area contributed by atoms with Gasteiger partial charge in [0.05, 0.1) is 14.2 Å². The minimum atomic E-state index is 0.897. The number of ether oxygens (including phenoxy) is 2. The summed E-state index contributed by atoms with van der Waals surface area (Å²) in [6, 6.07) is 16.9. The lowest BCUT2D eigenvalue weighted by atomic mass is 10.3. The van der Waals surface area contributed by atoms with Gasteiger partial charge in [-0.25, -0.2) is 0 Å². The summed E-state index contributed by atoms with van der Waals surface area (Å²) in [7, 11) is 5.20. The van der Waals surface area contributed by atoms with E-state index in [0.29, 0.717) is 0 Å². The molecular weight excluding hydrogens is 298 g/mol. The van der Waals surface area contributed by atoms with Crippen LogP contribution >= 0.6 is 17.2 Å². The van der Waals surface area contributed by atoms with Crippen molar-refractivity contribution in [1.82, 2.24) is 0 Å². The summed E-state index contributed by atoms with van der Waals surface area (Å²) in [4.78, 5) is 0. The van der Waals surface area contributed by atoms with Crippen LogP contribution in [-0.4, -0.2) is 26.5 Å². The van der Waals surface area contributed by atoms with Crippen molar-refractivity contribution in [3.63, 3.8) is 0 Å². The van der Waals surface area contributed by atoms with Crippen molar-refractivity contribution in [2.75, 3.05) is 26.5 Å². The number of hydrogen-bond donors (Lipinski definition) is 0. The van der Waals surface area contributed by atoms with Crippen LogP contribution in [-0.2, 0) is 0 Å². The molecule has 0 spiro atoms. The van der Waals surface area contributed by atoms with Gasteiger partial charge in [-0.1, -0.05) is 41.4 Å². The Bertz CT molecular complexity index is 474. The molecule has 0 amide bonds. The van der Waals surface area contributed by atoms with Gasteiger partial charge in [0.1, 0.15) is 11.5 Å². The molecule has 112 valence electrons. The van der Waals surface area contributed by atoms with Gasteiger partial charge in [-0.3, -0.25) is 0 Å². The zero-order valence-corrected chi connectivity index (χ0v) is 14.6. The van der Waals surface area contributed by atoms with Crippen molar-refractivity contribution in [2.45, 2.75) is 6.42 Å². The number of methoxy groups -OCH3 is 2. The fourth-order valence-corrected chi connectivity index (χ4v) is 4.41. The van der Waals surface area contributed by atoms with Gasteiger partial charge in [0.15, 0.2) is 0 Å². The number of hydrogen-bond acceptors (Lipinski definition) is 2. The van der Waals surface area contributed by atoms with Gasteiger partial charge in [0.2, 0.25) is 0 Å². The average Bonchev–Trinajstić information content (AvgIpc) is 2.55. The summed E-state index contributed by atoms with van der Waals surface area (Å²) in [6.45, 7) is 0. The van der Waals surface area contributed by atoms with Gasteiger partial charge in [-0.2, -0.15) is 0 Å². The van der Waals surface area contributed by atoms with E-state index in [2.05, 4.69) is 24.3 Å². The van der Waals surface area contributed by atoms with Gasteiger partial charge in [0.25, 0.3) is 0 Å². The highest BCUT2D eigenvalue weighted by Gasteiger charge is 1.97. The van der Waals surface area contributed by atoms with Crippen molar-refractivity contribution in [3.8, 4) is 11.5 Å². The molecule has 0 N–H and O–H groups in total. The van der Waals surface area contributed by atoms with Crippen molar-refractivity contribution in [3.05, 3.63) is 48.5 Å². The second-order valence-corrected chi connectivity index (χ2v) is 7.53. The second kappa shape index (κ2) is 9.03. The molecule has 4 heteroatoms. The molecule has 0 aliphatic rings. The molecule has 0 bridgehead atoms. The highest BCUT2D eigenvalue weighted by molar-refractivity contribution is 7.48. The first-order valence-electron chi connectivity index (χ1n) is 7.07. The molecule has 0 aliphatic carbocycles. The number of rotatable bonds is 8. The van der Waals surface area contributed by atoms with E-state index >= 15 is 0 Å². The molecule has 2 aromatic rings.